The summed E-state index contributed by atoms with van der Waals surface area (Å²) in [6, 6.07) is 10.7. The summed E-state index contributed by atoms with van der Waals surface area (Å²) in [4.78, 5) is 12.2. The maximum atomic E-state index is 12.2. The summed E-state index contributed by atoms with van der Waals surface area (Å²) >= 11 is 0. The van der Waals surface area contributed by atoms with E-state index in [9.17, 15) is 9.90 Å². The maximum Gasteiger partial charge on any atom is 0.186 e. The average molecular weight is 282 g/mol. The van der Waals surface area contributed by atoms with Crippen molar-refractivity contribution >= 4 is 11.9 Å². The van der Waals surface area contributed by atoms with Gasteiger partial charge in [0.25, 0.3) is 0 Å². The second kappa shape index (κ2) is 6.27. The first-order chi connectivity index (χ1) is 10.0. The third kappa shape index (κ3) is 3.51. The molecule has 21 heavy (non-hydrogen) atoms. The summed E-state index contributed by atoms with van der Waals surface area (Å²) < 4.78 is 5.04. The summed E-state index contributed by atoms with van der Waals surface area (Å²) in [6.07, 6.45) is 3.24. The van der Waals surface area contributed by atoms with Crippen LogP contribution in [0.2, 0.25) is 0 Å². The van der Waals surface area contributed by atoms with Crippen molar-refractivity contribution in [1.82, 2.24) is 0 Å². The number of carbonyl (C=O) groups excluding carboxylic acids is 1. The molecule has 0 fully saturated rings. The highest BCUT2D eigenvalue weighted by Gasteiger charge is 2.06. The molecule has 0 bridgehead atoms. The molecular formula is C18H18O3. The van der Waals surface area contributed by atoms with Crippen molar-refractivity contribution in [3.8, 4) is 11.5 Å². The molecule has 0 spiro atoms. The first-order valence-electron chi connectivity index (χ1n) is 6.68. The van der Waals surface area contributed by atoms with Gasteiger partial charge >= 0.3 is 0 Å². The molecule has 0 aliphatic carbocycles. The number of ether oxygens (including phenoxy) is 1. The summed E-state index contributed by atoms with van der Waals surface area (Å²) in [5.74, 6) is 0.422. The predicted octanol–water partition coefficient (Wildman–Crippen LogP) is 3.91. The molecule has 3 nitrogen and oxygen atoms in total. The van der Waals surface area contributed by atoms with Crippen molar-refractivity contribution in [3.05, 3.63) is 64.7 Å². The molecule has 108 valence electrons. The number of aryl methyl sites for hydroxylation is 2. The Bertz CT molecular complexity index is 700. The fraction of sp³-hybridized carbons (Fsp3) is 0.167. The van der Waals surface area contributed by atoms with Gasteiger partial charge in [-0.25, -0.2) is 0 Å². The minimum absolute atomic E-state index is 0.0421. The Morgan fingerprint density at radius 3 is 2.57 bits per heavy atom. The Morgan fingerprint density at radius 1 is 1.14 bits per heavy atom. The normalized spacial score (nSPS) is 10.8. The molecule has 2 aromatic carbocycles. The number of benzene rings is 2. The lowest BCUT2D eigenvalue weighted by molar-refractivity contribution is 0.104. The second-order valence-corrected chi connectivity index (χ2v) is 4.95. The molecular weight excluding hydrogens is 264 g/mol. The van der Waals surface area contributed by atoms with E-state index in [0.29, 0.717) is 11.3 Å². The topological polar surface area (TPSA) is 46.5 Å². The van der Waals surface area contributed by atoms with Gasteiger partial charge in [0.05, 0.1) is 7.11 Å². The van der Waals surface area contributed by atoms with Crippen molar-refractivity contribution < 1.29 is 14.6 Å². The number of methoxy groups -OCH3 is 1. The third-order valence-corrected chi connectivity index (χ3v) is 3.28. The Balaban J connectivity index is 2.22. The number of allylic oxidation sites excluding steroid dienone is 1. The van der Waals surface area contributed by atoms with E-state index >= 15 is 0 Å². The standard InChI is InChI=1S/C18H18O3/c1-12-4-7-15(13(2)10-12)16(19)8-5-14-6-9-17(20)18(11-14)21-3/h4-11,20H,1-3H3/b8-5-. The Morgan fingerprint density at radius 2 is 1.90 bits per heavy atom. The Hall–Kier alpha value is -2.55. The van der Waals surface area contributed by atoms with Crippen LogP contribution in [0, 0.1) is 13.8 Å². The van der Waals surface area contributed by atoms with Crippen LogP contribution in [0.4, 0.5) is 0 Å². The molecule has 0 saturated carbocycles. The van der Waals surface area contributed by atoms with E-state index in [1.54, 1.807) is 24.3 Å². The molecule has 0 amide bonds. The molecule has 0 aliphatic heterocycles. The predicted molar refractivity (Wildman–Crippen MR) is 83.9 cm³/mol. The van der Waals surface area contributed by atoms with Crippen LogP contribution >= 0.6 is 0 Å². The zero-order valence-electron chi connectivity index (χ0n) is 12.4. The largest absolute Gasteiger partial charge is 0.504 e. The van der Waals surface area contributed by atoms with Gasteiger partial charge in [-0.2, -0.15) is 0 Å². The van der Waals surface area contributed by atoms with Crippen molar-refractivity contribution in [3.63, 3.8) is 0 Å². The van der Waals surface area contributed by atoms with Crippen LogP contribution in [0.15, 0.2) is 42.5 Å². The Labute approximate surface area is 124 Å². The molecule has 2 aromatic rings. The van der Waals surface area contributed by atoms with Gasteiger partial charge in [-0.05, 0) is 43.2 Å². The highest BCUT2D eigenvalue weighted by Crippen LogP contribution is 2.26. The minimum atomic E-state index is -0.0421. The van der Waals surface area contributed by atoms with Crippen LogP contribution in [0.1, 0.15) is 27.0 Å². The lowest BCUT2D eigenvalue weighted by Crippen LogP contribution is -1.98. The highest BCUT2D eigenvalue weighted by atomic mass is 16.5. The lowest BCUT2D eigenvalue weighted by atomic mass is 10.0. The van der Waals surface area contributed by atoms with Crippen molar-refractivity contribution in [2.24, 2.45) is 0 Å². The number of rotatable bonds is 4. The van der Waals surface area contributed by atoms with Crippen LogP contribution in [0.3, 0.4) is 0 Å². The van der Waals surface area contributed by atoms with E-state index in [2.05, 4.69) is 0 Å². The first-order valence-corrected chi connectivity index (χ1v) is 6.68. The van der Waals surface area contributed by atoms with Gasteiger partial charge in [-0.15, -0.1) is 0 Å². The molecule has 0 radical (unpaired) electrons. The minimum Gasteiger partial charge on any atom is -0.504 e. The van der Waals surface area contributed by atoms with Crippen molar-refractivity contribution in [2.75, 3.05) is 7.11 Å². The zero-order chi connectivity index (χ0) is 15.4. The number of hydrogen-bond donors (Lipinski definition) is 1. The molecule has 0 aliphatic rings. The van der Waals surface area contributed by atoms with Crippen LogP contribution in [-0.4, -0.2) is 18.0 Å². The van der Waals surface area contributed by atoms with Gasteiger partial charge in [0.1, 0.15) is 0 Å². The quantitative estimate of drug-likeness (QED) is 0.683. The van der Waals surface area contributed by atoms with Crippen LogP contribution in [-0.2, 0) is 0 Å². The maximum absolute atomic E-state index is 12.2. The van der Waals surface area contributed by atoms with E-state index in [0.717, 1.165) is 16.7 Å². The van der Waals surface area contributed by atoms with E-state index < -0.39 is 0 Å². The summed E-state index contributed by atoms with van der Waals surface area (Å²) in [5, 5.41) is 9.54. The van der Waals surface area contributed by atoms with Gasteiger partial charge in [-0.3, -0.25) is 4.79 Å². The molecule has 2 rings (SSSR count). The number of phenols is 1. The number of aromatic hydroxyl groups is 1. The van der Waals surface area contributed by atoms with Gasteiger partial charge in [0.2, 0.25) is 0 Å². The summed E-state index contributed by atoms with van der Waals surface area (Å²) in [7, 11) is 1.49. The number of ketones is 1. The fourth-order valence-corrected chi connectivity index (χ4v) is 2.15. The monoisotopic (exact) mass is 282 g/mol. The first kappa shape index (κ1) is 14.9. The van der Waals surface area contributed by atoms with Gasteiger partial charge in [0, 0.05) is 5.56 Å². The highest BCUT2D eigenvalue weighted by molar-refractivity contribution is 6.07. The average Bonchev–Trinajstić information content (AvgIpc) is 2.46. The van der Waals surface area contributed by atoms with Gasteiger partial charge < -0.3 is 9.84 Å². The van der Waals surface area contributed by atoms with Crippen molar-refractivity contribution in [2.45, 2.75) is 13.8 Å². The molecule has 0 saturated heterocycles. The molecule has 0 unspecified atom stereocenters. The zero-order valence-corrected chi connectivity index (χ0v) is 12.4. The van der Waals surface area contributed by atoms with Crippen LogP contribution in [0.5, 0.6) is 11.5 Å². The third-order valence-electron chi connectivity index (χ3n) is 3.28. The smallest absolute Gasteiger partial charge is 0.186 e. The number of phenolic OH excluding ortho intramolecular Hbond substituents is 1. The molecule has 0 atom stereocenters. The van der Waals surface area contributed by atoms with E-state index in [-0.39, 0.29) is 11.5 Å². The van der Waals surface area contributed by atoms with Gasteiger partial charge in [-0.1, -0.05) is 35.9 Å². The molecule has 0 heterocycles. The number of hydrogen-bond acceptors (Lipinski definition) is 3. The van der Waals surface area contributed by atoms with E-state index in [1.165, 1.54) is 13.2 Å². The number of carbonyl (C=O) groups is 1. The second-order valence-electron chi connectivity index (χ2n) is 4.95. The fourth-order valence-electron chi connectivity index (χ4n) is 2.15. The molecule has 3 heteroatoms. The van der Waals surface area contributed by atoms with E-state index in [4.69, 9.17) is 4.74 Å². The van der Waals surface area contributed by atoms with Crippen LogP contribution in [0.25, 0.3) is 6.08 Å². The van der Waals surface area contributed by atoms with Gasteiger partial charge in [0.15, 0.2) is 17.3 Å². The summed E-state index contributed by atoms with van der Waals surface area (Å²) in [6.45, 7) is 3.93. The molecule has 0 aromatic heterocycles. The SMILES string of the molecule is COc1cc(/C=C\C(=O)c2ccc(C)cc2C)ccc1O. The molecule has 1 N–H and O–H groups in total. The lowest BCUT2D eigenvalue weighted by Gasteiger charge is -2.04. The van der Waals surface area contributed by atoms with Crippen molar-refractivity contribution in [1.29, 1.82) is 0 Å². The van der Waals surface area contributed by atoms with E-state index in [1.807, 2.05) is 32.0 Å². The summed E-state index contributed by atoms with van der Waals surface area (Å²) in [5.41, 5.74) is 3.59. The van der Waals surface area contributed by atoms with Crippen LogP contribution < -0.4 is 4.74 Å². The Kier molecular flexibility index (Phi) is 4.43.